The van der Waals surface area contributed by atoms with E-state index in [4.69, 9.17) is 63.5 Å². The van der Waals surface area contributed by atoms with Gasteiger partial charge in [-0.3, -0.25) is 0 Å². The molecule has 17 nitrogen and oxygen atoms in total. The van der Waals surface area contributed by atoms with E-state index in [-0.39, 0.29) is 80.9 Å². The number of rotatable bonds is 0. The van der Waals surface area contributed by atoms with Gasteiger partial charge in [0.1, 0.15) is 11.8 Å². The maximum atomic E-state index is 8.88. The summed E-state index contributed by atoms with van der Waals surface area (Å²) in [5.74, 6) is 0.409. The summed E-state index contributed by atoms with van der Waals surface area (Å²) in [6.45, 7) is 0. The number of phosphoric acid groups is 3. The Labute approximate surface area is 214 Å². The van der Waals surface area contributed by atoms with Crippen molar-refractivity contribution in [2.75, 3.05) is 5.73 Å². The quantitative estimate of drug-likeness (QED) is 0.122. The Hall–Kier alpha value is 1.32. The molecule has 0 fully saturated rings. The second kappa shape index (κ2) is 16.1. The summed E-state index contributed by atoms with van der Waals surface area (Å²) in [5.41, 5.74) is 6.77. The number of nitrogen functional groups attached to an aromatic ring is 1. The number of nitrogens with zero attached hydrogens (tertiary/aromatic N) is 3. The molecule has 0 unspecified atom stereocenters. The van der Waals surface area contributed by atoms with E-state index in [9.17, 15) is 0 Å². The van der Waals surface area contributed by atoms with Crippen LogP contribution in [0.15, 0.2) is 12.7 Å². The second-order valence-electron chi connectivity index (χ2n) is 3.40. The van der Waals surface area contributed by atoms with Crippen molar-refractivity contribution in [3.8, 4) is 0 Å². The van der Waals surface area contributed by atoms with Crippen LogP contribution >= 0.6 is 23.5 Å². The summed E-state index contributed by atoms with van der Waals surface area (Å²) in [6.07, 6.45) is 2.94. The number of hydrogen-bond donors (Lipinski definition) is 11. The van der Waals surface area contributed by atoms with E-state index in [0.717, 1.165) is 0 Å². The van der Waals surface area contributed by atoms with Crippen LogP contribution in [0, 0.1) is 0 Å². The van der Waals surface area contributed by atoms with Gasteiger partial charge in [0.15, 0.2) is 11.5 Å². The molecule has 27 heavy (non-hydrogen) atoms. The van der Waals surface area contributed by atoms with Gasteiger partial charge in [0.05, 0.1) is 6.33 Å². The van der Waals surface area contributed by atoms with Crippen molar-refractivity contribution >= 4 is 121 Å². The second-order valence-corrected chi connectivity index (χ2v) is 6.48. The standard InChI is InChI=1S/C5H5N5.K.Na.3H3O4P.2H/c6-4-3-5(9-1-7-3)10-2-8-4;;;3*1-5(2,3)4;;/h1-2H,(H3,6,7,8,9,10);;;3*(H3,1,2,3,4);;. The molecule has 0 aliphatic carbocycles. The minimum atomic E-state index is -4.64. The van der Waals surface area contributed by atoms with Gasteiger partial charge in [0, 0.05) is 0 Å². The third kappa shape index (κ3) is 38.5. The van der Waals surface area contributed by atoms with Gasteiger partial charge < -0.3 is 54.8 Å². The van der Waals surface area contributed by atoms with E-state index in [2.05, 4.69) is 19.9 Å². The summed E-state index contributed by atoms with van der Waals surface area (Å²) in [7, 11) is -13.9. The molecule has 0 radical (unpaired) electrons. The Kier molecular flexibility index (Phi) is 21.3. The molecule has 0 aliphatic heterocycles. The third-order valence-electron chi connectivity index (χ3n) is 1.25. The van der Waals surface area contributed by atoms with Crippen LogP contribution in [-0.2, 0) is 13.7 Å². The molecule has 2 aromatic rings. The van der Waals surface area contributed by atoms with Crippen molar-refractivity contribution in [1.82, 2.24) is 19.9 Å². The van der Waals surface area contributed by atoms with Gasteiger partial charge in [0.25, 0.3) is 0 Å². The van der Waals surface area contributed by atoms with Gasteiger partial charge in [-0.15, -0.1) is 0 Å². The normalized spacial score (nSPS) is 10.4. The molecule has 0 spiro atoms. The van der Waals surface area contributed by atoms with Crippen molar-refractivity contribution in [1.29, 1.82) is 0 Å². The van der Waals surface area contributed by atoms with Crippen molar-refractivity contribution in [2.45, 2.75) is 0 Å². The summed E-state index contributed by atoms with van der Waals surface area (Å²) >= 11 is 0. The van der Waals surface area contributed by atoms with Crippen LogP contribution in [0.1, 0.15) is 0 Å². The van der Waals surface area contributed by atoms with Crippen LogP contribution in [0.5, 0.6) is 0 Å². The van der Waals surface area contributed by atoms with Crippen LogP contribution in [0.25, 0.3) is 11.2 Å². The first kappa shape index (κ1) is 35.7. The molecule has 0 saturated carbocycles. The molecular weight excluding hydrogens is 477 g/mol. The van der Waals surface area contributed by atoms with Crippen LogP contribution in [0.2, 0.25) is 0 Å². The zero-order valence-corrected chi connectivity index (χ0v) is 14.3. The molecule has 150 valence electrons. The van der Waals surface area contributed by atoms with Crippen molar-refractivity contribution in [2.24, 2.45) is 0 Å². The Morgan fingerprint density at radius 3 is 1.41 bits per heavy atom. The number of nitrogens with one attached hydrogen (secondary N) is 1. The molecule has 0 aromatic carbocycles. The van der Waals surface area contributed by atoms with Gasteiger partial charge in [-0.25, -0.2) is 28.6 Å². The first-order valence-electron chi connectivity index (χ1n) is 5.12. The molecule has 2 rings (SSSR count). The van der Waals surface area contributed by atoms with Crippen molar-refractivity contribution in [3.05, 3.63) is 12.7 Å². The molecule has 0 bridgehead atoms. The summed E-state index contributed by atoms with van der Waals surface area (Å²) in [5, 5.41) is 0. The Bertz CT molecular complexity index is 716. The van der Waals surface area contributed by atoms with Crippen LogP contribution in [0.4, 0.5) is 5.82 Å². The van der Waals surface area contributed by atoms with E-state index >= 15 is 0 Å². The van der Waals surface area contributed by atoms with Gasteiger partial charge in [0.2, 0.25) is 0 Å². The molecule has 0 aliphatic rings. The minimum absolute atomic E-state index is 0. The van der Waals surface area contributed by atoms with E-state index in [1.807, 2.05) is 0 Å². The van der Waals surface area contributed by atoms with E-state index in [1.165, 1.54) is 12.7 Å². The van der Waals surface area contributed by atoms with Crippen LogP contribution in [0.3, 0.4) is 0 Å². The average molecular weight is 493 g/mol. The zero-order chi connectivity index (χ0) is 20.5. The Morgan fingerprint density at radius 1 is 0.778 bits per heavy atom. The Balaban J connectivity index is -0.000000137. The van der Waals surface area contributed by atoms with Crippen molar-refractivity contribution < 1.29 is 57.7 Å². The number of imidazole rings is 1. The molecule has 22 heteroatoms. The van der Waals surface area contributed by atoms with Gasteiger partial charge in [-0.1, -0.05) is 0 Å². The number of hydrogen-bond acceptors (Lipinski definition) is 7. The van der Waals surface area contributed by atoms with Crippen LogP contribution in [-0.4, -0.2) is 145 Å². The van der Waals surface area contributed by atoms with Gasteiger partial charge in [-0.2, -0.15) is 0 Å². The Morgan fingerprint density at radius 2 is 1.11 bits per heavy atom. The molecule has 12 N–H and O–H groups in total. The fourth-order valence-electron chi connectivity index (χ4n) is 0.783. The van der Waals surface area contributed by atoms with E-state index in [0.29, 0.717) is 17.0 Å². The number of anilines is 1. The number of nitrogens with two attached hydrogens (primary N) is 1. The molecular formula is C5H16KN5NaO12P3. The zero-order valence-electron chi connectivity index (χ0n) is 11.7. The van der Waals surface area contributed by atoms with Gasteiger partial charge >= 0.3 is 104 Å². The fraction of sp³-hybridized carbons (Fsp3) is 0. The maximum absolute atomic E-state index is 8.88. The third-order valence-corrected chi connectivity index (χ3v) is 1.25. The fourth-order valence-corrected chi connectivity index (χ4v) is 0.783. The molecule has 0 saturated heterocycles. The van der Waals surface area contributed by atoms with Gasteiger partial charge in [-0.05, 0) is 0 Å². The average Bonchev–Trinajstić information content (AvgIpc) is 2.71. The predicted octanol–water partition coefficient (Wildman–Crippen LogP) is -4.15. The number of H-pyrrole nitrogens is 1. The van der Waals surface area contributed by atoms with Crippen LogP contribution < -0.4 is 5.73 Å². The van der Waals surface area contributed by atoms with E-state index in [1.54, 1.807) is 0 Å². The predicted molar refractivity (Wildman–Crippen MR) is 93.2 cm³/mol. The molecule has 2 aromatic heterocycles. The summed E-state index contributed by atoms with van der Waals surface area (Å²) < 4.78 is 26.6. The molecule has 0 amide bonds. The summed E-state index contributed by atoms with van der Waals surface area (Å²) in [4.78, 5) is 79.1. The SMILES string of the molecule is Nc1ncnc2[nH]cnc12.O=P(O)(O)O.O=P(O)(O)O.O=P(O)(O)O.[KH].[NaH]. The summed E-state index contributed by atoms with van der Waals surface area (Å²) in [6, 6.07) is 0. The molecule has 0 atom stereocenters. The first-order valence-corrected chi connectivity index (χ1v) is 9.82. The number of fused-ring (bicyclic) bond motifs is 1. The number of aromatic nitrogens is 4. The topological polar surface area (TPSA) is 314 Å². The number of aromatic amines is 1. The monoisotopic (exact) mass is 493 g/mol. The molecule has 2 heterocycles. The van der Waals surface area contributed by atoms with E-state index < -0.39 is 23.5 Å². The van der Waals surface area contributed by atoms with Crippen molar-refractivity contribution in [3.63, 3.8) is 0 Å². The first-order chi connectivity index (χ1) is 10.9.